The summed E-state index contributed by atoms with van der Waals surface area (Å²) in [5, 5.41) is 3.32. The van der Waals surface area contributed by atoms with E-state index in [9.17, 15) is 8.78 Å². The number of rotatable bonds is 4. The number of terminal acetylenes is 1. The number of hydrogen-bond donors (Lipinski definition) is 1. The summed E-state index contributed by atoms with van der Waals surface area (Å²) in [6.07, 6.45) is 7.29. The van der Waals surface area contributed by atoms with Gasteiger partial charge in [-0.15, -0.1) is 6.42 Å². The maximum absolute atomic E-state index is 13.5. The van der Waals surface area contributed by atoms with Gasteiger partial charge in [-0.3, -0.25) is 4.90 Å². The molecule has 4 heteroatoms. The maximum atomic E-state index is 13.5. The molecule has 1 heterocycles. The fourth-order valence-electron chi connectivity index (χ4n) is 2.34. The molecule has 0 unspecified atom stereocenters. The molecule has 0 atom stereocenters. The molecule has 2 nitrogen and oxygen atoms in total. The molecule has 102 valence electrons. The zero-order chi connectivity index (χ0) is 13.7. The normalized spacial score (nSPS) is 17.3. The van der Waals surface area contributed by atoms with Crippen molar-refractivity contribution < 1.29 is 8.78 Å². The first-order valence-electron chi connectivity index (χ1n) is 6.52. The standard InChI is InChI=1S/C15H18F2N2/c1-2-7-19-8-5-14(6-9-19)18-11-12-3-4-13(16)10-15(12)17/h1,3-4,10,14,18H,5-9,11H2. The van der Waals surface area contributed by atoms with Gasteiger partial charge in [-0.25, -0.2) is 8.78 Å². The van der Waals surface area contributed by atoms with Crippen LogP contribution in [0.5, 0.6) is 0 Å². The Morgan fingerprint density at radius 3 is 2.68 bits per heavy atom. The van der Waals surface area contributed by atoms with Crippen LogP contribution in [-0.2, 0) is 6.54 Å². The van der Waals surface area contributed by atoms with E-state index in [2.05, 4.69) is 16.1 Å². The van der Waals surface area contributed by atoms with Crippen LogP contribution in [0, 0.1) is 24.0 Å². The van der Waals surface area contributed by atoms with Gasteiger partial charge >= 0.3 is 0 Å². The van der Waals surface area contributed by atoms with Gasteiger partial charge in [0.05, 0.1) is 6.54 Å². The summed E-state index contributed by atoms with van der Waals surface area (Å²) >= 11 is 0. The number of benzene rings is 1. The van der Waals surface area contributed by atoms with Crippen molar-refractivity contribution in [2.45, 2.75) is 25.4 Å². The molecule has 1 saturated heterocycles. The van der Waals surface area contributed by atoms with Crippen LogP contribution in [0.2, 0.25) is 0 Å². The molecule has 1 aromatic carbocycles. The van der Waals surface area contributed by atoms with Crippen molar-refractivity contribution in [1.29, 1.82) is 0 Å². The Labute approximate surface area is 112 Å². The molecule has 1 aromatic rings. The highest BCUT2D eigenvalue weighted by molar-refractivity contribution is 5.18. The highest BCUT2D eigenvalue weighted by atomic mass is 19.1. The van der Waals surface area contributed by atoms with Crippen LogP contribution in [0.1, 0.15) is 18.4 Å². The molecule has 2 rings (SSSR count). The molecule has 1 fully saturated rings. The van der Waals surface area contributed by atoms with Crippen molar-refractivity contribution in [2.75, 3.05) is 19.6 Å². The number of nitrogens with zero attached hydrogens (tertiary/aromatic N) is 1. The Hall–Kier alpha value is -1.44. The number of piperidine rings is 1. The number of halogens is 2. The molecule has 1 N–H and O–H groups in total. The summed E-state index contributed by atoms with van der Waals surface area (Å²) in [7, 11) is 0. The highest BCUT2D eigenvalue weighted by Gasteiger charge is 2.18. The molecule has 19 heavy (non-hydrogen) atoms. The second kappa shape index (κ2) is 6.65. The number of hydrogen-bond acceptors (Lipinski definition) is 2. The topological polar surface area (TPSA) is 15.3 Å². The van der Waals surface area contributed by atoms with Crippen molar-refractivity contribution in [2.24, 2.45) is 0 Å². The lowest BCUT2D eigenvalue weighted by atomic mass is 10.0. The van der Waals surface area contributed by atoms with Crippen LogP contribution in [-0.4, -0.2) is 30.6 Å². The van der Waals surface area contributed by atoms with E-state index >= 15 is 0 Å². The summed E-state index contributed by atoms with van der Waals surface area (Å²) in [5.74, 6) is 1.62. The van der Waals surface area contributed by atoms with Crippen LogP contribution >= 0.6 is 0 Å². The van der Waals surface area contributed by atoms with E-state index in [1.54, 1.807) is 0 Å². The Morgan fingerprint density at radius 1 is 1.32 bits per heavy atom. The van der Waals surface area contributed by atoms with Gasteiger partial charge in [0.2, 0.25) is 0 Å². The Morgan fingerprint density at radius 2 is 2.05 bits per heavy atom. The smallest absolute Gasteiger partial charge is 0.130 e. The van der Waals surface area contributed by atoms with Gasteiger partial charge in [0.25, 0.3) is 0 Å². The SMILES string of the molecule is C#CCN1CCC(NCc2ccc(F)cc2F)CC1. The van der Waals surface area contributed by atoms with E-state index in [0.717, 1.165) is 32.0 Å². The quantitative estimate of drug-likeness (QED) is 0.838. The molecular formula is C15H18F2N2. The van der Waals surface area contributed by atoms with Crippen molar-refractivity contribution >= 4 is 0 Å². The van der Waals surface area contributed by atoms with Crippen molar-refractivity contribution in [3.8, 4) is 12.3 Å². The molecule has 0 bridgehead atoms. The summed E-state index contributed by atoms with van der Waals surface area (Å²) in [5.41, 5.74) is 0.507. The molecule has 1 aliphatic heterocycles. The predicted molar refractivity (Wildman–Crippen MR) is 71.5 cm³/mol. The van der Waals surface area contributed by atoms with E-state index in [-0.39, 0.29) is 0 Å². The third-order valence-electron chi connectivity index (χ3n) is 3.50. The van der Waals surface area contributed by atoms with E-state index < -0.39 is 11.6 Å². The molecule has 0 aliphatic carbocycles. The molecule has 1 aliphatic rings. The Bertz CT molecular complexity index is 460. The monoisotopic (exact) mass is 264 g/mol. The lowest BCUT2D eigenvalue weighted by Gasteiger charge is -2.31. The van der Waals surface area contributed by atoms with Crippen LogP contribution in [0.4, 0.5) is 8.78 Å². The lowest BCUT2D eigenvalue weighted by Crippen LogP contribution is -2.42. The summed E-state index contributed by atoms with van der Waals surface area (Å²) in [6.45, 7) is 3.06. The molecular weight excluding hydrogens is 246 g/mol. The van der Waals surface area contributed by atoms with Gasteiger partial charge in [0, 0.05) is 37.3 Å². The van der Waals surface area contributed by atoms with Gasteiger partial charge in [0.1, 0.15) is 11.6 Å². The average Bonchev–Trinajstić information content (AvgIpc) is 2.40. The van der Waals surface area contributed by atoms with Gasteiger partial charge in [0.15, 0.2) is 0 Å². The third kappa shape index (κ3) is 4.02. The Kier molecular flexibility index (Phi) is 4.89. The number of nitrogens with one attached hydrogen (secondary N) is 1. The van der Waals surface area contributed by atoms with Gasteiger partial charge in [-0.2, -0.15) is 0 Å². The maximum Gasteiger partial charge on any atom is 0.130 e. The molecule has 0 spiro atoms. The van der Waals surface area contributed by atoms with E-state index in [0.29, 0.717) is 24.7 Å². The summed E-state index contributed by atoms with van der Waals surface area (Å²) < 4.78 is 26.2. The summed E-state index contributed by atoms with van der Waals surface area (Å²) in [6, 6.07) is 4.08. The van der Waals surface area contributed by atoms with Crippen molar-refractivity contribution in [1.82, 2.24) is 10.2 Å². The molecule has 0 amide bonds. The second-order valence-corrected chi connectivity index (χ2v) is 4.87. The molecule has 0 saturated carbocycles. The summed E-state index contributed by atoms with van der Waals surface area (Å²) in [4.78, 5) is 2.23. The van der Waals surface area contributed by atoms with Gasteiger partial charge in [-0.05, 0) is 18.9 Å². The minimum Gasteiger partial charge on any atom is -0.310 e. The Balaban J connectivity index is 1.79. The van der Waals surface area contributed by atoms with E-state index in [1.165, 1.54) is 12.1 Å². The number of likely N-dealkylation sites (tertiary alicyclic amines) is 1. The first kappa shape index (κ1) is 14.0. The zero-order valence-electron chi connectivity index (χ0n) is 10.8. The first-order chi connectivity index (χ1) is 9.19. The van der Waals surface area contributed by atoms with E-state index in [1.807, 2.05) is 0 Å². The predicted octanol–water partition coefficient (Wildman–Crippen LogP) is 2.15. The van der Waals surface area contributed by atoms with Crippen LogP contribution in [0.15, 0.2) is 18.2 Å². The highest BCUT2D eigenvalue weighted by Crippen LogP contribution is 2.13. The average molecular weight is 264 g/mol. The zero-order valence-corrected chi connectivity index (χ0v) is 10.8. The van der Waals surface area contributed by atoms with Crippen molar-refractivity contribution in [3.05, 3.63) is 35.4 Å². The fraction of sp³-hybridized carbons (Fsp3) is 0.467. The van der Waals surface area contributed by atoms with Crippen LogP contribution in [0.3, 0.4) is 0 Å². The van der Waals surface area contributed by atoms with Gasteiger partial charge < -0.3 is 5.32 Å². The second-order valence-electron chi connectivity index (χ2n) is 4.87. The molecule has 0 radical (unpaired) electrons. The van der Waals surface area contributed by atoms with Gasteiger partial charge in [-0.1, -0.05) is 12.0 Å². The minimum absolute atomic E-state index is 0.374. The van der Waals surface area contributed by atoms with Crippen LogP contribution in [0.25, 0.3) is 0 Å². The third-order valence-corrected chi connectivity index (χ3v) is 3.50. The van der Waals surface area contributed by atoms with Crippen LogP contribution < -0.4 is 5.32 Å². The van der Waals surface area contributed by atoms with E-state index in [4.69, 9.17) is 6.42 Å². The first-order valence-corrected chi connectivity index (χ1v) is 6.52. The minimum atomic E-state index is -0.538. The molecule has 0 aromatic heterocycles. The fourth-order valence-corrected chi connectivity index (χ4v) is 2.34. The lowest BCUT2D eigenvalue weighted by molar-refractivity contribution is 0.217. The largest absolute Gasteiger partial charge is 0.310 e. The van der Waals surface area contributed by atoms with Crippen molar-refractivity contribution in [3.63, 3.8) is 0 Å².